The maximum Gasteiger partial charge on any atom is 0.251 e. The van der Waals surface area contributed by atoms with Crippen molar-refractivity contribution in [3.05, 3.63) is 84.2 Å². The van der Waals surface area contributed by atoms with Crippen LogP contribution in [0.25, 0.3) is 0 Å². The van der Waals surface area contributed by atoms with Crippen molar-refractivity contribution >= 4 is 11.8 Å². The zero-order valence-electron chi connectivity index (χ0n) is 18.6. The normalized spacial score (nSPS) is 13.9. The lowest BCUT2D eigenvalue weighted by Gasteiger charge is -2.32. The molecule has 0 atom stereocenters. The van der Waals surface area contributed by atoms with Crippen LogP contribution < -0.4 is 14.8 Å². The van der Waals surface area contributed by atoms with Gasteiger partial charge in [-0.1, -0.05) is 18.2 Å². The van der Waals surface area contributed by atoms with Crippen LogP contribution in [0.2, 0.25) is 0 Å². The molecule has 7 nitrogen and oxygen atoms in total. The van der Waals surface area contributed by atoms with Crippen molar-refractivity contribution in [2.75, 3.05) is 20.2 Å². The van der Waals surface area contributed by atoms with Crippen LogP contribution in [-0.2, 0) is 11.2 Å². The number of hydrogen-bond donors (Lipinski definition) is 1. The Balaban J connectivity index is 1.25. The Bertz CT molecular complexity index is 1080. The number of likely N-dealkylation sites (tertiary alicyclic amines) is 1. The first kappa shape index (κ1) is 22.3. The maximum atomic E-state index is 12.7. The molecule has 1 saturated heterocycles. The monoisotopic (exact) mass is 445 g/mol. The molecule has 0 saturated carbocycles. The number of amides is 2. The van der Waals surface area contributed by atoms with E-state index in [0.29, 0.717) is 36.6 Å². The topological polar surface area (TPSA) is 80.8 Å². The van der Waals surface area contributed by atoms with E-state index in [2.05, 4.69) is 10.3 Å². The molecule has 1 fully saturated rings. The quantitative estimate of drug-likeness (QED) is 0.598. The number of piperidine rings is 1. The zero-order valence-corrected chi connectivity index (χ0v) is 18.6. The molecule has 0 aliphatic carbocycles. The van der Waals surface area contributed by atoms with Gasteiger partial charge in [0.1, 0.15) is 17.2 Å². The van der Waals surface area contributed by atoms with Gasteiger partial charge >= 0.3 is 0 Å². The van der Waals surface area contributed by atoms with E-state index in [1.807, 2.05) is 35.2 Å². The van der Waals surface area contributed by atoms with Crippen LogP contribution >= 0.6 is 0 Å². The number of rotatable bonds is 7. The summed E-state index contributed by atoms with van der Waals surface area (Å²) in [4.78, 5) is 31.2. The molecule has 33 heavy (non-hydrogen) atoms. The highest BCUT2D eigenvalue weighted by Gasteiger charge is 2.24. The molecule has 0 unspecified atom stereocenters. The molecule has 170 valence electrons. The molecule has 3 aromatic rings. The van der Waals surface area contributed by atoms with E-state index >= 15 is 0 Å². The highest BCUT2D eigenvalue weighted by molar-refractivity contribution is 5.94. The zero-order chi connectivity index (χ0) is 23.0. The fourth-order valence-corrected chi connectivity index (χ4v) is 3.88. The van der Waals surface area contributed by atoms with Gasteiger partial charge in [-0.25, -0.2) is 0 Å². The molecule has 2 aromatic carbocycles. The van der Waals surface area contributed by atoms with Crippen LogP contribution in [0.1, 0.15) is 28.8 Å². The number of nitrogens with one attached hydrogen (secondary N) is 1. The largest absolute Gasteiger partial charge is 0.496 e. The van der Waals surface area contributed by atoms with Crippen LogP contribution in [0.4, 0.5) is 0 Å². The maximum absolute atomic E-state index is 12.7. The van der Waals surface area contributed by atoms with Gasteiger partial charge in [-0.05, 0) is 55.3 Å². The first-order valence-corrected chi connectivity index (χ1v) is 11.0. The fourth-order valence-electron chi connectivity index (χ4n) is 3.88. The standard InChI is InChI=1S/C26H27N3O4/c1-32-24-7-3-2-5-20(24)17-25(30)29-15-12-21(13-16-29)28-26(31)19-8-10-22(11-9-19)33-23-6-4-14-27-18-23/h2-11,14,18,21H,12-13,15-17H2,1H3,(H,28,31). The van der Waals surface area contributed by atoms with Crippen molar-refractivity contribution in [3.63, 3.8) is 0 Å². The summed E-state index contributed by atoms with van der Waals surface area (Å²) in [5.74, 6) is 1.96. The summed E-state index contributed by atoms with van der Waals surface area (Å²) in [6, 6.07) is 18.3. The second-order valence-corrected chi connectivity index (χ2v) is 7.93. The molecule has 4 rings (SSSR count). The number of hydrogen-bond acceptors (Lipinski definition) is 5. The number of methoxy groups -OCH3 is 1. The summed E-state index contributed by atoms with van der Waals surface area (Å²) in [7, 11) is 1.61. The summed E-state index contributed by atoms with van der Waals surface area (Å²) < 4.78 is 11.1. The van der Waals surface area contributed by atoms with Crippen LogP contribution in [0, 0.1) is 0 Å². The summed E-state index contributed by atoms with van der Waals surface area (Å²) >= 11 is 0. The minimum absolute atomic E-state index is 0.0409. The van der Waals surface area contributed by atoms with E-state index in [4.69, 9.17) is 9.47 Å². The molecule has 2 amide bonds. The Morgan fingerprint density at radius 3 is 2.45 bits per heavy atom. The second-order valence-electron chi connectivity index (χ2n) is 7.93. The molecule has 1 aliphatic rings. The van der Waals surface area contributed by atoms with Gasteiger partial charge in [-0.3, -0.25) is 14.6 Å². The SMILES string of the molecule is COc1ccccc1CC(=O)N1CCC(NC(=O)c2ccc(Oc3cccnc3)cc2)CC1. The summed E-state index contributed by atoms with van der Waals surface area (Å²) in [5, 5.41) is 3.08. The number of aromatic nitrogens is 1. The van der Waals surface area contributed by atoms with E-state index in [1.54, 1.807) is 49.8 Å². The first-order valence-electron chi connectivity index (χ1n) is 11.0. The number of ether oxygens (including phenoxy) is 2. The van der Waals surface area contributed by atoms with Gasteiger partial charge in [0.15, 0.2) is 0 Å². The van der Waals surface area contributed by atoms with Gasteiger partial charge in [0.25, 0.3) is 5.91 Å². The summed E-state index contributed by atoms with van der Waals surface area (Å²) in [6.07, 6.45) is 5.08. The van der Waals surface area contributed by atoms with Crippen molar-refractivity contribution < 1.29 is 19.1 Å². The lowest BCUT2D eigenvalue weighted by Crippen LogP contribution is -2.47. The molecule has 1 aromatic heterocycles. The van der Waals surface area contributed by atoms with Crippen LogP contribution in [0.15, 0.2) is 73.1 Å². The number of para-hydroxylation sites is 1. The second kappa shape index (κ2) is 10.6. The fraction of sp³-hybridized carbons (Fsp3) is 0.269. The van der Waals surface area contributed by atoms with E-state index in [0.717, 1.165) is 24.2 Å². The van der Waals surface area contributed by atoms with Gasteiger partial charge in [0.2, 0.25) is 5.91 Å². The molecule has 7 heteroatoms. The molecular formula is C26H27N3O4. The van der Waals surface area contributed by atoms with E-state index in [1.165, 1.54) is 0 Å². The third-order valence-electron chi connectivity index (χ3n) is 5.70. The third kappa shape index (κ3) is 5.88. The van der Waals surface area contributed by atoms with Crippen LogP contribution in [0.5, 0.6) is 17.2 Å². The molecule has 0 radical (unpaired) electrons. The van der Waals surface area contributed by atoms with Crippen molar-refractivity contribution in [1.29, 1.82) is 0 Å². The van der Waals surface area contributed by atoms with Gasteiger partial charge in [-0.2, -0.15) is 0 Å². The van der Waals surface area contributed by atoms with Gasteiger partial charge in [0, 0.05) is 36.5 Å². The number of benzene rings is 2. The van der Waals surface area contributed by atoms with Gasteiger partial charge < -0.3 is 19.7 Å². The summed E-state index contributed by atoms with van der Waals surface area (Å²) in [5.41, 5.74) is 1.46. The van der Waals surface area contributed by atoms with E-state index in [-0.39, 0.29) is 17.9 Å². The predicted molar refractivity (Wildman–Crippen MR) is 125 cm³/mol. The molecule has 0 bridgehead atoms. The highest BCUT2D eigenvalue weighted by atomic mass is 16.5. The third-order valence-corrected chi connectivity index (χ3v) is 5.70. The molecule has 1 N–H and O–H groups in total. The molecular weight excluding hydrogens is 418 g/mol. The lowest BCUT2D eigenvalue weighted by atomic mass is 10.0. The Hall–Kier alpha value is -3.87. The van der Waals surface area contributed by atoms with E-state index in [9.17, 15) is 9.59 Å². The van der Waals surface area contributed by atoms with E-state index < -0.39 is 0 Å². The number of carbonyl (C=O) groups is 2. The van der Waals surface area contributed by atoms with Crippen molar-refractivity contribution in [3.8, 4) is 17.2 Å². The first-order chi connectivity index (χ1) is 16.1. The van der Waals surface area contributed by atoms with Crippen LogP contribution in [-0.4, -0.2) is 47.9 Å². The van der Waals surface area contributed by atoms with Crippen molar-refractivity contribution in [2.24, 2.45) is 0 Å². The number of carbonyl (C=O) groups excluding carboxylic acids is 2. The highest BCUT2D eigenvalue weighted by Crippen LogP contribution is 2.22. The molecule has 0 spiro atoms. The average molecular weight is 446 g/mol. The Morgan fingerprint density at radius 2 is 1.76 bits per heavy atom. The molecule has 1 aliphatic heterocycles. The minimum atomic E-state index is -0.123. The van der Waals surface area contributed by atoms with Gasteiger partial charge in [0.05, 0.1) is 19.7 Å². The Kier molecular flexibility index (Phi) is 7.19. The predicted octanol–water partition coefficient (Wildman–Crippen LogP) is 3.85. The average Bonchev–Trinajstić information content (AvgIpc) is 2.86. The lowest BCUT2D eigenvalue weighted by molar-refractivity contribution is -0.131. The van der Waals surface area contributed by atoms with Crippen molar-refractivity contribution in [1.82, 2.24) is 15.2 Å². The minimum Gasteiger partial charge on any atom is -0.496 e. The summed E-state index contributed by atoms with van der Waals surface area (Å²) in [6.45, 7) is 1.24. The van der Waals surface area contributed by atoms with Crippen molar-refractivity contribution in [2.45, 2.75) is 25.3 Å². The Labute approximate surface area is 193 Å². The Morgan fingerprint density at radius 1 is 1.00 bits per heavy atom. The van der Waals surface area contributed by atoms with Gasteiger partial charge in [-0.15, -0.1) is 0 Å². The smallest absolute Gasteiger partial charge is 0.251 e. The number of nitrogens with zero attached hydrogens (tertiary/aromatic N) is 2. The number of pyridine rings is 1. The molecule has 2 heterocycles. The van der Waals surface area contributed by atoms with Crippen LogP contribution in [0.3, 0.4) is 0 Å².